The predicted octanol–water partition coefficient (Wildman–Crippen LogP) is 36.0. The molecule has 0 aliphatic rings. The highest BCUT2D eigenvalue weighted by Gasteiger charge is 2.42. The molecule has 0 aliphatic carbocycles. The van der Waals surface area contributed by atoms with Crippen molar-refractivity contribution in [3.63, 3.8) is 0 Å². The van der Waals surface area contributed by atoms with Gasteiger partial charge in [0.15, 0.2) is 0 Å². The molecule has 0 radical (unpaired) electrons. The molecule has 0 nitrogen and oxygen atoms in total. The third-order valence-corrected chi connectivity index (χ3v) is 49.0. The Kier molecular flexibility index (Phi) is 37.6. The highest BCUT2D eigenvalue weighted by Crippen LogP contribution is 2.44. The van der Waals surface area contributed by atoms with E-state index in [4.69, 9.17) is 2.74 Å². The zero-order valence-corrected chi connectivity index (χ0v) is 93.4. The van der Waals surface area contributed by atoms with Crippen LogP contribution in [0, 0.1) is 62.3 Å². The van der Waals surface area contributed by atoms with Crippen LogP contribution in [0.1, 0.15) is 286 Å². The molecule has 0 spiro atoms. The van der Waals surface area contributed by atoms with Gasteiger partial charge in [-0.25, -0.2) is 0 Å². The molecule has 8 aromatic carbocycles. The van der Waals surface area contributed by atoms with Crippen molar-refractivity contribution in [1.29, 1.82) is 0 Å². The summed E-state index contributed by atoms with van der Waals surface area (Å²) in [5.41, 5.74) is 27.1. The average molecular weight is 1720 g/mol. The first-order valence-corrected chi connectivity index (χ1v) is 66.6. The van der Waals surface area contributed by atoms with Crippen LogP contribution >= 0.6 is 0 Å². The normalized spacial score (nSPS) is 13.9. The van der Waals surface area contributed by atoms with Crippen LogP contribution in [0.5, 0.6) is 0 Å². The second-order valence-corrected chi connectivity index (χ2v) is 83.0. The van der Waals surface area contributed by atoms with Gasteiger partial charge in [0.1, 0.15) is 0 Å². The van der Waals surface area contributed by atoms with Crippen molar-refractivity contribution in [3.8, 4) is 0 Å². The Bertz CT molecular complexity index is 4220. The SMILES string of the molecule is Cc1cccc(C)c1C(C)(C)C.Cc1cccc(C)c1C(C)(C)C.Cc1cccc(C)c1C(C)(C)C.Cc1ccccc1C(C)(C)C.Cc1ccccc1C(C)(C)C.Cc1ccccc1C(C)(C)C.[2H]C([2H])(c1cccc(C([2H])([2H])C([Si](C)(C)C)[Si](C)(C)C)c1C(C)(C)C)C([Si](C)(C)C)[Si](C)(C)C.[2H]C([2H])(c1ccccc1C(C)(C)C)C([Si](C)(C)C)[Si](C)(C)C. The fraction of sp³-hybridized carbons (Fsp3) is 0.575. The van der Waals surface area contributed by atoms with Gasteiger partial charge in [0, 0.05) is 56.7 Å². The van der Waals surface area contributed by atoms with Gasteiger partial charge in [0.05, 0.1) is 0 Å². The van der Waals surface area contributed by atoms with E-state index in [1.54, 1.807) is 0 Å². The fourth-order valence-electron chi connectivity index (χ4n) is 18.8. The molecule has 0 N–H and O–H groups in total. The second kappa shape index (κ2) is 44.3. The van der Waals surface area contributed by atoms with E-state index in [0.29, 0.717) is 0 Å². The lowest BCUT2D eigenvalue weighted by Gasteiger charge is -2.41. The molecule has 0 amide bonds. The van der Waals surface area contributed by atoms with Crippen molar-refractivity contribution >= 4 is 48.4 Å². The number of aryl methyl sites for hydroxylation is 9. The van der Waals surface area contributed by atoms with Crippen molar-refractivity contribution in [2.75, 3.05) is 0 Å². The molecule has 0 saturated carbocycles. The van der Waals surface area contributed by atoms with Gasteiger partial charge in [0.25, 0.3) is 0 Å². The molecular weight excluding hydrogens is 1530 g/mol. The minimum absolute atomic E-state index is 0.0273. The minimum atomic E-state index is -1.86. The molecule has 8 rings (SSSR count). The average Bonchev–Trinajstić information content (AvgIpc) is 0.702. The summed E-state index contributed by atoms with van der Waals surface area (Å²) in [5.74, 6) is 0. The third kappa shape index (κ3) is 38.2. The lowest BCUT2D eigenvalue weighted by atomic mass is 9.79. The van der Waals surface area contributed by atoms with Gasteiger partial charge >= 0.3 is 0 Å². The van der Waals surface area contributed by atoms with Crippen LogP contribution in [0.25, 0.3) is 0 Å². The van der Waals surface area contributed by atoms with Crippen LogP contribution in [0.4, 0.5) is 0 Å². The Morgan fingerprint density at radius 3 is 0.496 bits per heavy atom. The van der Waals surface area contributed by atoms with Crippen molar-refractivity contribution in [2.24, 2.45) is 0 Å². The van der Waals surface area contributed by atoms with Crippen molar-refractivity contribution in [1.82, 2.24) is 0 Å². The molecule has 6 heteroatoms. The lowest BCUT2D eigenvalue weighted by Crippen LogP contribution is -2.45. The van der Waals surface area contributed by atoms with Gasteiger partial charge < -0.3 is 0 Å². The summed E-state index contributed by atoms with van der Waals surface area (Å²) in [5, 5.41) is 0.245. The number of hydrogen-bond donors (Lipinski definition) is 0. The van der Waals surface area contributed by atoms with Gasteiger partial charge in [-0.1, -0.05) is 454 Å². The minimum Gasteiger partial charge on any atom is -0.0695 e. The van der Waals surface area contributed by atoms with Crippen molar-refractivity contribution in [3.05, 3.63) is 281 Å². The molecule has 0 unspecified atom stereocenters. The van der Waals surface area contributed by atoms with Gasteiger partial charge in [0.2, 0.25) is 0 Å². The molecule has 0 bridgehead atoms. The Morgan fingerprint density at radius 1 is 0.185 bits per heavy atom. The van der Waals surface area contributed by atoms with Gasteiger partial charge in [-0.05, 0) is 252 Å². The lowest BCUT2D eigenvalue weighted by molar-refractivity contribution is 0.574. The third-order valence-electron chi connectivity index (χ3n) is 22.2. The number of hydrogen-bond acceptors (Lipinski definition) is 0. The van der Waals surface area contributed by atoms with E-state index in [2.05, 4.69) is 480 Å². The smallest absolute Gasteiger partial charge is 0.0450 e. The molecule has 0 saturated heterocycles. The molecule has 0 aliphatic heterocycles. The maximum Gasteiger partial charge on any atom is 0.0450 e. The predicted molar refractivity (Wildman–Crippen MR) is 566 cm³/mol. The van der Waals surface area contributed by atoms with E-state index in [1.807, 2.05) is 36.4 Å². The largest absolute Gasteiger partial charge is 0.0695 e. The molecule has 0 aromatic heterocycles. The fourth-order valence-corrected chi connectivity index (χ4v) is 53.5. The van der Waals surface area contributed by atoms with E-state index >= 15 is 0 Å². The summed E-state index contributed by atoms with van der Waals surface area (Å²) in [4.78, 5) is 0. The zero-order valence-electron chi connectivity index (χ0n) is 93.4. The van der Waals surface area contributed by atoms with Gasteiger partial charge in [-0.3, -0.25) is 0 Å². The maximum absolute atomic E-state index is 9.64. The van der Waals surface area contributed by atoms with E-state index in [-0.39, 0.29) is 58.8 Å². The molecule has 119 heavy (non-hydrogen) atoms. The molecular formula is C113H190Si6. The van der Waals surface area contributed by atoms with Crippen LogP contribution < -0.4 is 0 Å². The Labute approximate surface area is 756 Å². The molecule has 666 valence electrons. The first-order chi connectivity index (χ1) is 55.5. The van der Waals surface area contributed by atoms with Crippen molar-refractivity contribution < 1.29 is 8.22 Å². The highest BCUT2D eigenvalue weighted by molar-refractivity contribution is 6.97. The van der Waals surface area contributed by atoms with Crippen molar-refractivity contribution in [2.45, 2.75) is 424 Å². The summed E-state index contributed by atoms with van der Waals surface area (Å²) in [6, 6.07) is 59.3. The number of rotatable bonds is 12. The molecule has 0 heterocycles. The van der Waals surface area contributed by atoms with E-state index in [1.165, 1.54) is 83.5 Å². The van der Waals surface area contributed by atoms with Crippen LogP contribution in [0.15, 0.2) is 170 Å². The summed E-state index contributed by atoms with van der Waals surface area (Å²) < 4.78 is 56.8. The maximum atomic E-state index is 9.64. The van der Waals surface area contributed by atoms with Crippen LogP contribution in [-0.2, 0) is 62.4 Å². The van der Waals surface area contributed by atoms with Gasteiger partial charge in [-0.15, -0.1) is 0 Å². The Hall–Kier alpha value is -4.94. The highest BCUT2D eigenvalue weighted by atomic mass is 28.4. The molecule has 0 atom stereocenters. The van der Waals surface area contributed by atoms with E-state index < -0.39 is 67.6 Å². The van der Waals surface area contributed by atoms with Crippen LogP contribution in [-0.4, -0.2) is 48.4 Å². The van der Waals surface area contributed by atoms with Crippen LogP contribution in [0.2, 0.25) is 133 Å². The van der Waals surface area contributed by atoms with Gasteiger partial charge in [-0.2, -0.15) is 0 Å². The summed E-state index contributed by atoms with van der Waals surface area (Å²) >= 11 is 0. The monoisotopic (exact) mass is 1720 g/mol. The molecule has 8 aromatic rings. The Balaban J connectivity index is 0.000000747. The second-order valence-electron chi connectivity index (χ2n) is 49.4. The molecule has 0 fully saturated rings. The summed E-state index contributed by atoms with van der Waals surface area (Å²) in [6.45, 7) is 115. The van der Waals surface area contributed by atoms with E-state index in [0.717, 1.165) is 27.8 Å². The summed E-state index contributed by atoms with van der Waals surface area (Å²) in [7, 11) is -10.7. The first kappa shape index (κ1) is 101. The first-order valence-electron chi connectivity index (χ1n) is 48.1. The van der Waals surface area contributed by atoms with Crippen LogP contribution in [0.3, 0.4) is 0 Å². The standard InChI is InChI=1S/C26H54Si4.C18H34Si2.3C12H18.3C11H16/c1-26(2,3)25-21(19-23(27(4,5)6)28(7,8)9)17-16-18-22(25)20-24(29(10,11)12)30(13,14)15;1-18(2,3)16-13-11-10-12-15(16)14-17(19(4,5)6)20(7,8)9;3*1-9-7-6-8-10(2)11(9)12(3,4)5;3*1-9-7-5-6-8-10(9)11(2,3)4/h16-18,23-24H,19-20H2,1-15H3;10-13,17H,14H2,1-9H3;3*6-8H,1-5H3;3*5-8H,1-4H3/i19D2,20D2;14D2;;;;;;. The quantitative estimate of drug-likeness (QED) is 0.107. The number of benzene rings is 8. The van der Waals surface area contributed by atoms with E-state index in [9.17, 15) is 5.48 Å². The summed E-state index contributed by atoms with van der Waals surface area (Å²) in [6.07, 6.45) is -4.23. The Morgan fingerprint density at radius 2 is 0.336 bits per heavy atom. The topological polar surface area (TPSA) is 0 Å². The zero-order chi connectivity index (χ0) is 98.6.